The van der Waals surface area contributed by atoms with Crippen molar-refractivity contribution in [3.05, 3.63) is 35.4 Å². The molecule has 0 aliphatic carbocycles. The number of aliphatic hydroxyl groups is 1. The Morgan fingerprint density at radius 1 is 1.06 bits per heavy atom. The fraction of sp³-hybridized carbons (Fsp3) is 0.462. The maximum Gasteiger partial charge on any atom is 0.309 e. The molecule has 16 heavy (non-hydrogen) atoms. The molecule has 2 N–H and O–H groups in total. The van der Waals surface area contributed by atoms with Crippen LogP contribution >= 0.6 is 0 Å². The van der Waals surface area contributed by atoms with Gasteiger partial charge < -0.3 is 10.2 Å². The fourth-order valence-electron chi connectivity index (χ4n) is 1.50. The van der Waals surface area contributed by atoms with Crippen molar-refractivity contribution in [3.8, 4) is 0 Å². The van der Waals surface area contributed by atoms with Crippen LogP contribution < -0.4 is 0 Å². The van der Waals surface area contributed by atoms with Crippen LogP contribution in [0.5, 0.6) is 0 Å². The molecular weight excluding hydrogens is 204 g/mol. The lowest BCUT2D eigenvalue weighted by atomic mass is 9.95. The maximum atomic E-state index is 10.7. The van der Waals surface area contributed by atoms with Gasteiger partial charge in [-0.25, -0.2) is 0 Å². The van der Waals surface area contributed by atoms with Crippen LogP contribution in [0.1, 0.15) is 43.9 Å². The monoisotopic (exact) mass is 222 g/mol. The predicted molar refractivity (Wildman–Crippen MR) is 62.3 cm³/mol. The molecule has 1 rings (SSSR count). The zero-order chi connectivity index (χ0) is 12.3. The molecule has 0 heterocycles. The van der Waals surface area contributed by atoms with E-state index in [9.17, 15) is 9.90 Å². The molecule has 0 saturated carbocycles. The van der Waals surface area contributed by atoms with Crippen LogP contribution in [0.3, 0.4) is 0 Å². The fourth-order valence-corrected chi connectivity index (χ4v) is 1.50. The van der Waals surface area contributed by atoms with E-state index in [1.165, 1.54) is 12.5 Å². The van der Waals surface area contributed by atoms with E-state index in [0.717, 1.165) is 0 Å². The van der Waals surface area contributed by atoms with Gasteiger partial charge in [-0.1, -0.05) is 38.1 Å². The number of carbonyl (C=O) groups is 1. The number of hydrogen-bond donors (Lipinski definition) is 2. The third-order valence-corrected chi connectivity index (χ3v) is 2.81. The Morgan fingerprint density at radius 3 is 1.88 bits per heavy atom. The lowest BCUT2D eigenvalue weighted by molar-refractivity contribution is -0.145. The van der Waals surface area contributed by atoms with Gasteiger partial charge in [-0.15, -0.1) is 0 Å². The SMILES string of the molecule is CC(C)c1ccc(C(O)C(C)C(=O)O)cc1. The molecule has 3 nitrogen and oxygen atoms in total. The first kappa shape index (κ1) is 12.7. The highest BCUT2D eigenvalue weighted by atomic mass is 16.4. The summed E-state index contributed by atoms with van der Waals surface area (Å²) in [6.45, 7) is 5.68. The van der Waals surface area contributed by atoms with Crippen molar-refractivity contribution < 1.29 is 15.0 Å². The molecule has 0 aliphatic heterocycles. The molecule has 0 bridgehead atoms. The topological polar surface area (TPSA) is 57.5 Å². The largest absolute Gasteiger partial charge is 0.481 e. The number of aliphatic carboxylic acids is 1. The zero-order valence-corrected chi connectivity index (χ0v) is 9.84. The van der Waals surface area contributed by atoms with Gasteiger partial charge in [0.1, 0.15) is 0 Å². The van der Waals surface area contributed by atoms with E-state index in [0.29, 0.717) is 11.5 Å². The average molecular weight is 222 g/mol. The number of hydrogen-bond acceptors (Lipinski definition) is 2. The highest BCUT2D eigenvalue weighted by molar-refractivity contribution is 5.70. The van der Waals surface area contributed by atoms with Crippen LogP contribution in [-0.2, 0) is 4.79 Å². The Kier molecular flexibility index (Phi) is 4.07. The maximum absolute atomic E-state index is 10.7. The Morgan fingerprint density at radius 2 is 1.50 bits per heavy atom. The number of aliphatic hydroxyl groups excluding tert-OH is 1. The highest BCUT2D eigenvalue weighted by Crippen LogP contribution is 2.24. The van der Waals surface area contributed by atoms with Crippen LogP contribution in [0.2, 0.25) is 0 Å². The summed E-state index contributed by atoms with van der Waals surface area (Å²) in [7, 11) is 0. The minimum Gasteiger partial charge on any atom is -0.481 e. The lowest BCUT2D eigenvalue weighted by Gasteiger charge is -2.16. The molecule has 0 radical (unpaired) electrons. The molecular formula is C13H18O3. The van der Waals surface area contributed by atoms with E-state index in [4.69, 9.17) is 5.11 Å². The number of carboxylic acid groups (broad SMARTS) is 1. The van der Waals surface area contributed by atoms with Crippen molar-refractivity contribution in [1.82, 2.24) is 0 Å². The first-order valence-electron chi connectivity index (χ1n) is 5.44. The van der Waals surface area contributed by atoms with E-state index in [-0.39, 0.29) is 0 Å². The Bertz CT molecular complexity index is 354. The van der Waals surface area contributed by atoms with Crippen LogP contribution in [0.15, 0.2) is 24.3 Å². The normalized spacial score (nSPS) is 14.8. The van der Waals surface area contributed by atoms with Crippen LogP contribution in [0, 0.1) is 5.92 Å². The molecule has 0 aromatic heterocycles. The minimum absolute atomic E-state index is 0.433. The lowest BCUT2D eigenvalue weighted by Crippen LogP contribution is -2.18. The molecule has 1 aromatic rings. The second-order valence-electron chi connectivity index (χ2n) is 4.39. The first-order valence-corrected chi connectivity index (χ1v) is 5.44. The van der Waals surface area contributed by atoms with Gasteiger partial charge in [-0.05, 0) is 24.0 Å². The van der Waals surface area contributed by atoms with Gasteiger partial charge in [0.05, 0.1) is 12.0 Å². The van der Waals surface area contributed by atoms with Gasteiger partial charge in [0.15, 0.2) is 0 Å². The molecule has 0 spiro atoms. The van der Waals surface area contributed by atoms with Crippen molar-refractivity contribution in [2.75, 3.05) is 0 Å². The Balaban J connectivity index is 2.85. The summed E-state index contributed by atoms with van der Waals surface area (Å²) < 4.78 is 0. The molecule has 88 valence electrons. The molecule has 2 unspecified atom stereocenters. The summed E-state index contributed by atoms with van der Waals surface area (Å²) in [4.78, 5) is 10.7. The third kappa shape index (κ3) is 2.83. The number of benzene rings is 1. The summed E-state index contributed by atoms with van der Waals surface area (Å²) in [5.74, 6) is -1.34. The Labute approximate surface area is 95.7 Å². The van der Waals surface area contributed by atoms with Gasteiger partial charge in [0, 0.05) is 0 Å². The number of rotatable bonds is 4. The molecule has 1 aromatic carbocycles. The van der Waals surface area contributed by atoms with Crippen LogP contribution in [0.4, 0.5) is 0 Å². The molecule has 0 aliphatic rings. The molecule has 2 atom stereocenters. The number of carboxylic acids is 1. The zero-order valence-electron chi connectivity index (χ0n) is 9.84. The van der Waals surface area contributed by atoms with Gasteiger partial charge in [0.25, 0.3) is 0 Å². The summed E-state index contributed by atoms with van der Waals surface area (Å²) >= 11 is 0. The molecule has 3 heteroatoms. The van der Waals surface area contributed by atoms with Crippen molar-refractivity contribution >= 4 is 5.97 Å². The van der Waals surface area contributed by atoms with E-state index < -0.39 is 18.0 Å². The van der Waals surface area contributed by atoms with E-state index in [2.05, 4.69) is 13.8 Å². The summed E-state index contributed by atoms with van der Waals surface area (Å²) in [5, 5.41) is 18.6. The summed E-state index contributed by atoms with van der Waals surface area (Å²) in [6, 6.07) is 7.44. The van der Waals surface area contributed by atoms with Crippen LogP contribution in [-0.4, -0.2) is 16.2 Å². The van der Waals surface area contributed by atoms with Gasteiger partial charge in [-0.2, -0.15) is 0 Å². The smallest absolute Gasteiger partial charge is 0.309 e. The standard InChI is InChI=1S/C13H18O3/c1-8(2)10-4-6-11(7-5-10)12(14)9(3)13(15)16/h4-9,12,14H,1-3H3,(H,15,16). The molecule has 0 saturated heterocycles. The van der Waals surface area contributed by atoms with Gasteiger partial charge >= 0.3 is 5.97 Å². The van der Waals surface area contributed by atoms with E-state index >= 15 is 0 Å². The third-order valence-electron chi connectivity index (χ3n) is 2.81. The van der Waals surface area contributed by atoms with Gasteiger partial charge in [-0.3, -0.25) is 4.79 Å². The molecule has 0 amide bonds. The first-order chi connectivity index (χ1) is 7.43. The highest BCUT2D eigenvalue weighted by Gasteiger charge is 2.22. The van der Waals surface area contributed by atoms with Crippen molar-refractivity contribution in [2.24, 2.45) is 5.92 Å². The summed E-state index contributed by atoms with van der Waals surface area (Å²) in [5.41, 5.74) is 1.83. The molecule has 0 fully saturated rings. The van der Waals surface area contributed by atoms with Crippen molar-refractivity contribution in [3.63, 3.8) is 0 Å². The van der Waals surface area contributed by atoms with Crippen molar-refractivity contribution in [1.29, 1.82) is 0 Å². The van der Waals surface area contributed by atoms with Gasteiger partial charge in [0.2, 0.25) is 0 Å². The second kappa shape index (κ2) is 5.12. The predicted octanol–water partition coefficient (Wildman–Crippen LogP) is 2.56. The minimum atomic E-state index is -0.986. The average Bonchev–Trinajstić information content (AvgIpc) is 2.27. The second-order valence-corrected chi connectivity index (χ2v) is 4.39. The summed E-state index contributed by atoms with van der Waals surface area (Å²) in [6.07, 6.45) is -0.946. The van der Waals surface area contributed by atoms with E-state index in [1.54, 1.807) is 12.1 Å². The Hall–Kier alpha value is -1.35. The van der Waals surface area contributed by atoms with Crippen molar-refractivity contribution in [2.45, 2.75) is 32.8 Å². The quantitative estimate of drug-likeness (QED) is 0.823. The van der Waals surface area contributed by atoms with Crippen LogP contribution in [0.25, 0.3) is 0 Å². The van der Waals surface area contributed by atoms with E-state index in [1.807, 2.05) is 12.1 Å².